The highest BCUT2D eigenvalue weighted by molar-refractivity contribution is 5.71. The van der Waals surface area contributed by atoms with E-state index in [2.05, 4.69) is 208 Å². The molecule has 0 aliphatic carbocycles. The lowest BCUT2D eigenvalue weighted by molar-refractivity contribution is -0.870. The van der Waals surface area contributed by atoms with Crippen LogP contribution in [-0.4, -0.2) is 87.4 Å². The molecule has 510 valence electrons. The molecule has 0 aliphatic rings. The first-order valence-corrected chi connectivity index (χ1v) is 35.6. The Labute approximate surface area is 557 Å². The summed E-state index contributed by atoms with van der Waals surface area (Å²) >= 11 is 0. The average Bonchev–Trinajstić information content (AvgIpc) is 3.53. The number of esters is 2. The number of ether oxygens (including phenoxy) is 4. The van der Waals surface area contributed by atoms with Gasteiger partial charge in [-0.05, 0) is 141 Å². The molecule has 0 radical (unpaired) electrons. The Morgan fingerprint density at radius 2 is 0.593 bits per heavy atom. The Morgan fingerprint density at radius 1 is 0.330 bits per heavy atom. The smallest absolute Gasteiger partial charge is 0.361 e. The van der Waals surface area contributed by atoms with E-state index in [9.17, 15) is 19.5 Å². The van der Waals surface area contributed by atoms with Crippen LogP contribution in [0.25, 0.3) is 0 Å². The van der Waals surface area contributed by atoms with Crippen LogP contribution < -0.4 is 0 Å². The Bertz CT molecular complexity index is 2200. The number of allylic oxidation sites excluding steroid dienone is 32. The number of likely N-dealkylation sites (N-methyl/N-ethyl adjacent to an activating group) is 1. The van der Waals surface area contributed by atoms with E-state index in [1.165, 1.54) is 38.5 Å². The van der Waals surface area contributed by atoms with Crippen LogP contribution in [0.3, 0.4) is 0 Å². The van der Waals surface area contributed by atoms with Gasteiger partial charge in [0.2, 0.25) is 0 Å². The molecule has 0 amide bonds. The predicted molar refractivity (Wildman–Crippen MR) is 391 cm³/mol. The SMILES string of the molecule is CC/C=C\C/C=C\C/C=C\C/C=C\C/C=C\C/C=C\C/C=C\C/C=C\C/C=C\C/C=C\CCCCCCCCCCCCC(=O)OC(COC(=O)CCCCCCCC/C=C\C/C=C\C/C=C\C/C=C\C/C=C\C/C=C\CC)COC(OCC[N+](C)(C)C)C(=O)O. The van der Waals surface area contributed by atoms with Crippen LogP contribution in [0, 0.1) is 0 Å². The zero-order valence-corrected chi connectivity index (χ0v) is 58.2. The number of unbranched alkanes of at least 4 members (excludes halogenated alkanes) is 16. The number of hydrogen-bond donors (Lipinski definition) is 1. The molecule has 0 aromatic carbocycles. The first-order chi connectivity index (χ1) is 44.6. The number of carbonyl (C=O) groups excluding carboxylic acids is 2. The molecule has 0 bridgehead atoms. The van der Waals surface area contributed by atoms with Crippen molar-refractivity contribution in [3.8, 4) is 0 Å². The largest absolute Gasteiger partial charge is 0.477 e. The van der Waals surface area contributed by atoms with E-state index in [1.807, 2.05) is 21.1 Å². The lowest BCUT2D eigenvalue weighted by Gasteiger charge is -2.25. The summed E-state index contributed by atoms with van der Waals surface area (Å²) in [5.74, 6) is -2.05. The third kappa shape index (κ3) is 71.4. The van der Waals surface area contributed by atoms with Gasteiger partial charge in [0, 0.05) is 12.8 Å². The standard InChI is InChI=1S/C82H129NO8/c1-6-8-10-12-14-16-18-20-22-24-26-28-30-32-33-34-35-36-37-38-39-40-41-42-43-44-45-46-47-49-51-53-55-57-59-61-63-65-67-69-71-73-80(85)91-78(77-90-82(81(86)87)88-75-74-83(3,4)5)76-89-79(84)72-70-68-66-64-62-60-58-56-54-52-50-48-31-29-27-25-23-21-19-17-15-13-11-9-7-2/h8-11,14-17,20-23,26-29,32-33,35-36,38-39,41-42,44-45,47-50,54,56,78,82H,6-7,12-13,18-19,24-25,30-31,34,37,40,43,46,51-53,55,57-77H2,1-5H3/p+1/b10-8-,11-9-,16-14-,17-15-,22-20-,23-21-,28-26-,29-27-,33-32-,36-35-,39-38-,42-41-,45-44-,49-47-,50-48-,56-54-. The Hall–Kier alpha value is -5.87. The van der Waals surface area contributed by atoms with Crippen LogP contribution in [0.5, 0.6) is 0 Å². The lowest BCUT2D eigenvalue weighted by atomic mass is 10.0. The third-order valence-electron chi connectivity index (χ3n) is 14.3. The van der Waals surface area contributed by atoms with Gasteiger partial charge in [-0.25, -0.2) is 4.79 Å². The molecule has 2 atom stereocenters. The zero-order valence-electron chi connectivity index (χ0n) is 58.2. The Kier molecular flexibility index (Phi) is 65.5. The summed E-state index contributed by atoms with van der Waals surface area (Å²) in [5.41, 5.74) is 0. The molecule has 2 unspecified atom stereocenters. The highest BCUT2D eigenvalue weighted by atomic mass is 16.7. The normalized spacial score (nSPS) is 13.9. The Balaban J connectivity index is 4.20. The van der Waals surface area contributed by atoms with Gasteiger partial charge in [-0.3, -0.25) is 9.59 Å². The van der Waals surface area contributed by atoms with E-state index in [4.69, 9.17) is 18.9 Å². The van der Waals surface area contributed by atoms with Crippen molar-refractivity contribution in [2.24, 2.45) is 0 Å². The molecule has 0 aromatic rings. The molecule has 0 rings (SSSR count). The highest BCUT2D eigenvalue weighted by Crippen LogP contribution is 2.15. The van der Waals surface area contributed by atoms with E-state index in [-0.39, 0.29) is 38.6 Å². The minimum atomic E-state index is -1.53. The molecule has 1 N–H and O–H groups in total. The second-order valence-corrected chi connectivity index (χ2v) is 24.1. The number of quaternary nitrogens is 1. The number of hydrogen-bond acceptors (Lipinski definition) is 7. The van der Waals surface area contributed by atoms with Gasteiger partial charge in [0.15, 0.2) is 6.10 Å². The van der Waals surface area contributed by atoms with Crippen LogP contribution in [0.1, 0.15) is 245 Å². The van der Waals surface area contributed by atoms with Gasteiger partial charge in [0.25, 0.3) is 6.29 Å². The Morgan fingerprint density at radius 3 is 0.879 bits per heavy atom. The van der Waals surface area contributed by atoms with E-state index in [0.29, 0.717) is 17.4 Å². The minimum absolute atomic E-state index is 0.174. The van der Waals surface area contributed by atoms with Gasteiger partial charge < -0.3 is 28.5 Å². The molecule has 0 saturated carbocycles. The van der Waals surface area contributed by atoms with Crippen LogP contribution in [0.2, 0.25) is 0 Å². The van der Waals surface area contributed by atoms with Crippen LogP contribution in [0.15, 0.2) is 194 Å². The quantitative estimate of drug-likeness (QED) is 0.0211. The van der Waals surface area contributed by atoms with E-state index in [0.717, 1.165) is 173 Å². The molecule has 0 aromatic heterocycles. The van der Waals surface area contributed by atoms with Crippen molar-refractivity contribution < 1.29 is 42.9 Å². The van der Waals surface area contributed by atoms with Crippen molar-refractivity contribution >= 4 is 17.9 Å². The third-order valence-corrected chi connectivity index (χ3v) is 14.3. The molecular weight excluding hydrogens is 1130 g/mol. The summed E-state index contributed by atoms with van der Waals surface area (Å²) in [6.45, 7) is 4.60. The molecule has 9 heteroatoms. The second-order valence-electron chi connectivity index (χ2n) is 24.1. The summed E-state index contributed by atoms with van der Waals surface area (Å²) in [6, 6.07) is 0. The molecular formula is C82H130NO8+. The fraction of sp³-hybridized carbons (Fsp3) is 0.573. The molecule has 9 nitrogen and oxygen atoms in total. The van der Waals surface area contributed by atoms with Crippen molar-refractivity contribution in [3.63, 3.8) is 0 Å². The first kappa shape index (κ1) is 85.1. The van der Waals surface area contributed by atoms with E-state index in [1.54, 1.807) is 0 Å². The molecule has 0 spiro atoms. The van der Waals surface area contributed by atoms with Gasteiger partial charge >= 0.3 is 17.9 Å². The number of carbonyl (C=O) groups is 3. The van der Waals surface area contributed by atoms with Gasteiger partial charge in [-0.1, -0.05) is 285 Å². The molecule has 0 aliphatic heterocycles. The second kappa shape index (κ2) is 70.0. The van der Waals surface area contributed by atoms with Crippen molar-refractivity contribution in [2.75, 3.05) is 47.5 Å². The molecule has 0 fully saturated rings. The maximum absolute atomic E-state index is 13.0. The van der Waals surface area contributed by atoms with Crippen LogP contribution in [0.4, 0.5) is 0 Å². The number of rotatable bonds is 63. The van der Waals surface area contributed by atoms with Crippen molar-refractivity contribution in [1.29, 1.82) is 0 Å². The van der Waals surface area contributed by atoms with Crippen molar-refractivity contribution in [3.05, 3.63) is 194 Å². The minimum Gasteiger partial charge on any atom is -0.477 e. The fourth-order valence-corrected chi connectivity index (χ4v) is 8.99. The van der Waals surface area contributed by atoms with E-state index >= 15 is 0 Å². The topological polar surface area (TPSA) is 108 Å². The van der Waals surface area contributed by atoms with Crippen LogP contribution in [-0.2, 0) is 33.3 Å². The summed E-state index contributed by atoms with van der Waals surface area (Å²) in [7, 11) is 5.96. The maximum atomic E-state index is 13.0. The number of carboxylic acids is 1. The van der Waals surface area contributed by atoms with Gasteiger partial charge in [0.05, 0.1) is 34.4 Å². The predicted octanol–water partition coefficient (Wildman–Crippen LogP) is 22.6. The molecule has 0 saturated heterocycles. The summed E-state index contributed by atoms with van der Waals surface area (Å²) in [6.07, 6.45) is 105. The van der Waals surface area contributed by atoms with Gasteiger partial charge in [-0.15, -0.1) is 0 Å². The number of nitrogens with zero attached hydrogens (tertiary/aromatic N) is 1. The molecule has 91 heavy (non-hydrogen) atoms. The summed E-state index contributed by atoms with van der Waals surface area (Å²) < 4.78 is 22.9. The highest BCUT2D eigenvalue weighted by Gasteiger charge is 2.25. The monoisotopic (exact) mass is 1260 g/mol. The summed E-state index contributed by atoms with van der Waals surface area (Å²) in [5, 5.41) is 9.75. The lowest BCUT2D eigenvalue weighted by Crippen LogP contribution is -2.40. The van der Waals surface area contributed by atoms with E-state index < -0.39 is 24.3 Å². The molecule has 0 heterocycles. The van der Waals surface area contributed by atoms with Gasteiger partial charge in [0.1, 0.15) is 13.2 Å². The van der Waals surface area contributed by atoms with Crippen LogP contribution >= 0.6 is 0 Å². The number of carboxylic acid groups (broad SMARTS) is 1. The number of aliphatic carboxylic acids is 1. The maximum Gasteiger partial charge on any atom is 0.361 e. The van der Waals surface area contributed by atoms with Crippen molar-refractivity contribution in [2.45, 2.75) is 257 Å². The first-order valence-electron chi connectivity index (χ1n) is 35.6. The van der Waals surface area contributed by atoms with Crippen molar-refractivity contribution in [1.82, 2.24) is 0 Å². The summed E-state index contributed by atoms with van der Waals surface area (Å²) in [4.78, 5) is 37.6. The zero-order chi connectivity index (χ0) is 66.1. The van der Waals surface area contributed by atoms with Gasteiger partial charge in [-0.2, -0.15) is 0 Å². The fourth-order valence-electron chi connectivity index (χ4n) is 8.99. The average molecular weight is 1260 g/mol.